The van der Waals surface area contributed by atoms with Crippen LogP contribution in [0.15, 0.2) is 83.7 Å². The fourth-order valence-electron chi connectivity index (χ4n) is 5.66. The zero-order valence-electron chi connectivity index (χ0n) is 26.5. The number of pyridine rings is 1. The molecule has 0 bridgehead atoms. The topological polar surface area (TPSA) is 121 Å². The molecule has 3 atom stereocenters. The van der Waals surface area contributed by atoms with Gasteiger partial charge in [-0.05, 0) is 66.5 Å². The fraction of sp³-hybridized carbons (Fsp3) is 0.389. The smallest absolute Gasteiger partial charge is 0.254 e. The van der Waals surface area contributed by atoms with Crippen LogP contribution in [0.5, 0.6) is 0 Å². The molecular formula is C36H43N5O4. The van der Waals surface area contributed by atoms with Crippen molar-refractivity contribution >= 4 is 11.8 Å². The summed E-state index contributed by atoms with van der Waals surface area (Å²) in [6.07, 6.45) is 6.50. The van der Waals surface area contributed by atoms with Crippen molar-refractivity contribution in [2.45, 2.75) is 77.1 Å². The van der Waals surface area contributed by atoms with Gasteiger partial charge in [0, 0.05) is 43.2 Å². The first-order valence-corrected chi connectivity index (χ1v) is 15.6. The first kappa shape index (κ1) is 32.1. The molecule has 2 aromatic heterocycles. The number of carbonyl (C=O) groups excluding carboxylic acids is 2. The van der Waals surface area contributed by atoms with E-state index in [-0.39, 0.29) is 29.8 Å². The van der Waals surface area contributed by atoms with Crippen LogP contribution in [0.25, 0.3) is 0 Å². The van der Waals surface area contributed by atoms with Crippen LogP contribution in [0.1, 0.15) is 88.6 Å². The van der Waals surface area contributed by atoms with Gasteiger partial charge in [-0.1, -0.05) is 63.2 Å². The van der Waals surface area contributed by atoms with E-state index in [1.165, 1.54) is 0 Å². The Morgan fingerprint density at radius 2 is 1.82 bits per heavy atom. The second kappa shape index (κ2) is 14.2. The molecule has 2 aromatic carbocycles. The number of nitrogens with one attached hydrogen (secondary N) is 2. The van der Waals surface area contributed by atoms with E-state index in [1.54, 1.807) is 35.4 Å². The van der Waals surface area contributed by atoms with Crippen LogP contribution in [-0.4, -0.2) is 57.0 Å². The van der Waals surface area contributed by atoms with E-state index in [9.17, 15) is 14.7 Å². The van der Waals surface area contributed by atoms with Crippen LogP contribution in [0.2, 0.25) is 0 Å². The largest absolute Gasteiger partial charge is 0.446 e. The van der Waals surface area contributed by atoms with E-state index < -0.39 is 12.1 Å². The van der Waals surface area contributed by atoms with Crippen molar-refractivity contribution in [2.24, 2.45) is 0 Å². The van der Waals surface area contributed by atoms with Crippen LogP contribution < -0.4 is 10.6 Å². The third-order valence-corrected chi connectivity index (χ3v) is 8.23. The van der Waals surface area contributed by atoms with Crippen molar-refractivity contribution in [2.75, 3.05) is 13.1 Å². The minimum absolute atomic E-state index is 0.0125. The summed E-state index contributed by atoms with van der Waals surface area (Å²) in [5.41, 5.74) is 4.70. The summed E-state index contributed by atoms with van der Waals surface area (Å²) in [5, 5.41) is 17.7. The summed E-state index contributed by atoms with van der Waals surface area (Å²) >= 11 is 0. The molecule has 3 heterocycles. The summed E-state index contributed by atoms with van der Waals surface area (Å²) in [6.45, 7) is 9.70. The van der Waals surface area contributed by atoms with Crippen molar-refractivity contribution < 1.29 is 19.1 Å². The van der Waals surface area contributed by atoms with Crippen molar-refractivity contribution in [1.82, 2.24) is 25.5 Å². The lowest BCUT2D eigenvalue weighted by atomic mass is 9.88. The third-order valence-electron chi connectivity index (χ3n) is 8.23. The molecule has 0 radical (unpaired) electrons. The number of oxazole rings is 1. The monoisotopic (exact) mass is 609 g/mol. The number of nitrogens with zero attached hydrogens (tertiary/aromatic N) is 3. The highest BCUT2D eigenvalue weighted by Gasteiger charge is 2.34. The molecule has 1 aliphatic heterocycles. The molecule has 4 aromatic rings. The zero-order chi connectivity index (χ0) is 32.0. The third kappa shape index (κ3) is 8.23. The quantitative estimate of drug-likeness (QED) is 0.215. The second-order valence-electron chi connectivity index (χ2n) is 12.9. The molecule has 0 saturated carbocycles. The van der Waals surface area contributed by atoms with E-state index in [1.807, 2.05) is 49.6 Å². The maximum atomic E-state index is 13.6. The second-order valence-corrected chi connectivity index (χ2v) is 12.9. The van der Waals surface area contributed by atoms with Gasteiger partial charge >= 0.3 is 0 Å². The molecule has 9 nitrogen and oxygen atoms in total. The molecule has 5 rings (SSSR count). The Kier molecular flexibility index (Phi) is 10.1. The highest BCUT2D eigenvalue weighted by molar-refractivity contribution is 6.00. The number of aliphatic hydroxyl groups excluding tert-OH is 1. The molecule has 1 aliphatic rings. The lowest BCUT2D eigenvalue weighted by Gasteiger charge is -2.25. The predicted molar refractivity (Wildman–Crippen MR) is 173 cm³/mol. The van der Waals surface area contributed by atoms with Gasteiger partial charge < -0.3 is 25.1 Å². The normalized spacial score (nSPS) is 16.4. The van der Waals surface area contributed by atoms with Gasteiger partial charge in [0.15, 0.2) is 0 Å². The van der Waals surface area contributed by atoms with Gasteiger partial charge in [0.1, 0.15) is 12.3 Å². The molecule has 0 spiro atoms. The Hall–Kier alpha value is -4.34. The minimum atomic E-state index is -0.868. The molecule has 45 heavy (non-hydrogen) atoms. The Morgan fingerprint density at radius 3 is 2.56 bits per heavy atom. The van der Waals surface area contributed by atoms with Crippen molar-refractivity contribution in [3.8, 4) is 0 Å². The Bertz CT molecular complexity index is 1600. The summed E-state index contributed by atoms with van der Waals surface area (Å²) in [6, 6.07) is 17.8. The molecule has 2 amide bonds. The first-order valence-electron chi connectivity index (χ1n) is 15.6. The summed E-state index contributed by atoms with van der Waals surface area (Å²) < 4.78 is 5.61. The number of rotatable bonds is 11. The van der Waals surface area contributed by atoms with Gasteiger partial charge in [0.05, 0.1) is 17.8 Å². The maximum Gasteiger partial charge on any atom is 0.254 e. The number of likely N-dealkylation sites (tertiary alicyclic amines) is 1. The number of amides is 2. The van der Waals surface area contributed by atoms with Gasteiger partial charge in [-0.25, -0.2) is 4.98 Å². The zero-order valence-corrected chi connectivity index (χ0v) is 26.5. The first-order chi connectivity index (χ1) is 21.6. The average molecular weight is 610 g/mol. The molecule has 236 valence electrons. The highest BCUT2D eigenvalue weighted by Crippen LogP contribution is 2.32. The van der Waals surface area contributed by atoms with E-state index in [4.69, 9.17) is 4.42 Å². The number of hydrogen-bond donors (Lipinski definition) is 3. The fourth-order valence-corrected chi connectivity index (χ4v) is 5.66. The maximum absolute atomic E-state index is 13.6. The highest BCUT2D eigenvalue weighted by atomic mass is 16.3. The van der Waals surface area contributed by atoms with Crippen molar-refractivity contribution in [3.63, 3.8) is 0 Å². The standard InChI is InChI=1S/C36H43N5O4/c1-24-23-45-34(39-24)31-14-9-15-41(31)35(44)28-13-8-12-27(18-28)33(43)40-30(17-25-10-6-5-7-11-25)32(42)22-38-20-26-16-29(21-37-19-26)36(2,3)4/h5-8,10-13,16,18-19,21,23,30-32,38,42H,9,14-15,17,20,22H2,1-4H3,(H,40,43). The number of aromatic nitrogens is 2. The van der Waals surface area contributed by atoms with E-state index in [0.717, 1.165) is 35.2 Å². The Labute approximate surface area is 265 Å². The molecule has 3 unspecified atom stereocenters. The van der Waals surface area contributed by atoms with Gasteiger partial charge in [0.25, 0.3) is 11.8 Å². The summed E-state index contributed by atoms with van der Waals surface area (Å²) in [7, 11) is 0. The summed E-state index contributed by atoms with van der Waals surface area (Å²) in [4.78, 5) is 37.7. The van der Waals surface area contributed by atoms with Crippen molar-refractivity contribution in [3.05, 3.63) is 119 Å². The van der Waals surface area contributed by atoms with Crippen LogP contribution in [0.3, 0.4) is 0 Å². The Morgan fingerprint density at radius 1 is 1.04 bits per heavy atom. The molecule has 1 saturated heterocycles. The average Bonchev–Trinajstić information content (AvgIpc) is 3.70. The van der Waals surface area contributed by atoms with Crippen LogP contribution in [-0.2, 0) is 18.4 Å². The summed E-state index contributed by atoms with van der Waals surface area (Å²) in [5.74, 6) is 0.0165. The predicted octanol–water partition coefficient (Wildman–Crippen LogP) is 5.14. The Balaban J connectivity index is 1.26. The molecular weight excluding hydrogens is 566 g/mol. The lowest BCUT2D eigenvalue weighted by Crippen LogP contribution is -2.48. The van der Waals surface area contributed by atoms with Gasteiger partial charge in [-0.3, -0.25) is 14.6 Å². The lowest BCUT2D eigenvalue weighted by molar-refractivity contribution is 0.0715. The number of hydrogen-bond acceptors (Lipinski definition) is 7. The minimum Gasteiger partial charge on any atom is -0.446 e. The van der Waals surface area contributed by atoms with Crippen LogP contribution >= 0.6 is 0 Å². The molecule has 1 fully saturated rings. The van der Waals surface area contributed by atoms with E-state index in [2.05, 4.69) is 47.4 Å². The van der Waals surface area contributed by atoms with E-state index in [0.29, 0.717) is 36.5 Å². The molecule has 9 heteroatoms. The molecule has 0 aliphatic carbocycles. The molecule has 3 N–H and O–H groups in total. The SMILES string of the molecule is Cc1coc(C2CCCN2C(=O)c2cccc(C(=O)NC(Cc3ccccc3)C(O)CNCc3cncc(C(C)(C)C)c3)c2)n1. The van der Waals surface area contributed by atoms with Crippen LogP contribution in [0, 0.1) is 6.92 Å². The number of aliphatic hydroxyl groups is 1. The van der Waals surface area contributed by atoms with Gasteiger partial charge in [-0.15, -0.1) is 0 Å². The number of carbonyl (C=O) groups is 2. The number of benzene rings is 2. The van der Waals surface area contributed by atoms with Gasteiger partial charge in [0.2, 0.25) is 5.89 Å². The number of aryl methyl sites for hydroxylation is 1. The van der Waals surface area contributed by atoms with Crippen molar-refractivity contribution in [1.29, 1.82) is 0 Å². The van der Waals surface area contributed by atoms with Gasteiger partial charge in [-0.2, -0.15) is 0 Å². The van der Waals surface area contributed by atoms with E-state index >= 15 is 0 Å². The van der Waals surface area contributed by atoms with Crippen LogP contribution in [0.4, 0.5) is 0 Å².